The molecule has 0 aromatic heterocycles. The van der Waals surface area contributed by atoms with E-state index in [1.54, 1.807) is 25.3 Å². The van der Waals surface area contributed by atoms with Crippen LogP contribution < -0.4 is 10.1 Å². The topological polar surface area (TPSA) is 61.7 Å². The monoisotopic (exact) mass is 285 g/mol. The van der Waals surface area contributed by atoms with E-state index in [2.05, 4.69) is 5.32 Å². The van der Waals surface area contributed by atoms with Crippen molar-refractivity contribution in [1.29, 1.82) is 0 Å². The molecule has 0 fully saturated rings. The van der Waals surface area contributed by atoms with Crippen molar-refractivity contribution in [3.05, 3.63) is 53.1 Å². The predicted molar refractivity (Wildman–Crippen MR) is 80.9 cm³/mol. The van der Waals surface area contributed by atoms with Gasteiger partial charge >= 0.3 is 0 Å². The SMILES string of the molecule is COc1c(O)ccc2c1[C@H](Cc1ccc(O)cc1)NCC2. The van der Waals surface area contributed by atoms with E-state index < -0.39 is 0 Å². The number of rotatable bonds is 3. The highest BCUT2D eigenvalue weighted by Crippen LogP contribution is 2.39. The first-order chi connectivity index (χ1) is 10.2. The second kappa shape index (κ2) is 5.66. The fraction of sp³-hybridized carbons (Fsp3) is 0.294. The van der Waals surface area contributed by atoms with Gasteiger partial charge in [0.25, 0.3) is 0 Å². The lowest BCUT2D eigenvalue weighted by molar-refractivity contribution is 0.357. The Morgan fingerprint density at radius 3 is 2.62 bits per heavy atom. The van der Waals surface area contributed by atoms with Crippen LogP contribution in [0.1, 0.15) is 22.7 Å². The first kappa shape index (κ1) is 13.8. The molecule has 2 aromatic rings. The Balaban J connectivity index is 1.96. The molecule has 1 aliphatic heterocycles. The maximum absolute atomic E-state index is 10.0. The molecule has 1 atom stereocenters. The molecule has 1 heterocycles. The standard InChI is InChI=1S/C17H19NO3/c1-21-17-15(20)7-4-12-8-9-18-14(16(12)17)10-11-2-5-13(19)6-3-11/h2-7,14,18-20H,8-10H2,1H3/t14-/m0/s1. The molecule has 4 nitrogen and oxygen atoms in total. The summed E-state index contributed by atoms with van der Waals surface area (Å²) in [4.78, 5) is 0. The third kappa shape index (κ3) is 2.67. The molecule has 3 rings (SSSR count). The molecule has 21 heavy (non-hydrogen) atoms. The summed E-state index contributed by atoms with van der Waals surface area (Å²) in [6.07, 6.45) is 1.71. The molecule has 3 N–H and O–H groups in total. The second-order valence-corrected chi connectivity index (χ2v) is 5.32. The number of ether oxygens (including phenoxy) is 1. The lowest BCUT2D eigenvalue weighted by Crippen LogP contribution is -2.31. The zero-order valence-electron chi connectivity index (χ0n) is 12.0. The van der Waals surface area contributed by atoms with Crippen molar-refractivity contribution in [1.82, 2.24) is 5.32 Å². The molecule has 0 spiro atoms. The minimum atomic E-state index is 0.0975. The highest BCUT2D eigenvalue weighted by Gasteiger charge is 2.25. The maximum atomic E-state index is 10.0. The van der Waals surface area contributed by atoms with Gasteiger partial charge in [0.05, 0.1) is 7.11 Å². The summed E-state index contributed by atoms with van der Waals surface area (Å²) in [7, 11) is 1.58. The number of phenols is 2. The molecule has 110 valence electrons. The van der Waals surface area contributed by atoms with E-state index in [4.69, 9.17) is 4.74 Å². The first-order valence-electron chi connectivity index (χ1n) is 7.09. The Kier molecular flexibility index (Phi) is 3.71. The van der Waals surface area contributed by atoms with Crippen molar-refractivity contribution < 1.29 is 14.9 Å². The number of phenolic OH excluding ortho intramolecular Hbond substituents is 2. The zero-order chi connectivity index (χ0) is 14.8. The smallest absolute Gasteiger partial charge is 0.165 e. The average molecular weight is 285 g/mol. The molecule has 0 aliphatic carbocycles. The van der Waals surface area contributed by atoms with Crippen LogP contribution in [-0.2, 0) is 12.8 Å². The molecule has 0 radical (unpaired) electrons. The molecule has 4 heteroatoms. The normalized spacial score (nSPS) is 17.3. The predicted octanol–water partition coefficient (Wildman–Crippen LogP) is 2.54. The molecule has 0 amide bonds. The summed E-state index contributed by atoms with van der Waals surface area (Å²) < 4.78 is 5.40. The van der Waals surface area contributed by atoms with E-state index in [-0.39, 0.29) is 17.5 Å². The number of hydrogen-bond acceptors (Lipinski definition) is 4. The van der Waals surface area contributed by atoms with Crippen molar-refractivity contribution in [2.45, 2.75) is 18.9 Å². The lowest BCUT2D eigenvalue weighted by Gasteiger charge is -2.29. The summed E-state index contributed by atoms with van der Waals surface area (Å²) in [5.74, 6) is 1.00. The van der Waals surface area contributed by atoms with Gasteiger partial charge < -0.3 is 20.3 Å². The minimum Gasteiger partial charge on any atom is -0.508 e. The highest BCUT2D eigenvalue weighted by molar-refractivity contribution is 5.53. The van der Waals surface area contributed by atoms with Gasteiger partial charge in [-0.15, -0.1) is 0 Å². The van der Waals surface area contributed by atoms with Gasteiger partial charge in [-0.1, -0.05) is 18.2 Å². The largest absolute Gasteiger partial charge is 0.508 e. The van der Waals surface area contributed by atoms with Crippen molar-refractivity contribution in [2.75, 3.05) is 13.7 Å². The average Bonchev–Trinajstić information content (AvgIpc) is 2.50. The molecule has 0 saturated carbocycles. The van der Waals surface area contributed by atoms with Gasteiger partial charge in [-0.3, -0.25) is 0 Å². The van der Waals surface area contributed by atoms with Crippen molar-refractivity contribution in [3.63, 3.8) is 0 Å². The summed E-state index contributed by atoms with van der Waals surface area (Å²) in [5.41, 5.74) is 3.38. The van der Waals surface area contributed by atoms with E-state index in [1.807, 2.05) is 18.2 Å². The molecule has 2 aromatic carbocycles. The van der Waals surface area contributed by atoms with Crippen LogP contribution in [0.5, 0.6) is 17.2 Å². The molecule has 0 saturated heterocycles. The van der Waals surface area contributed by atoms with Gasteiger partial charge in [0, 0.05) is 11.6 Å². The Morgan fingerprint density at radius 2 is 1.90 bits per heavy atom. The molecule has 0 unspecified atom stereocenters. The fourth-order valence-electron chi connectivity index (χ4n) is 2.97. The fourth-order valence-corrected chi connectivity index (χ4v) is 2.97. The summed E-state index contributed by atoms with van der Waals surface area (Å²) >= 11 is 0. The Hall–Kier alpha value is -2.20. The van der Waals surface area contributed by atoms with Gasteiger partial charge in [-0.25, -0.2) is 0 Å². The van der Waals surface area contributed by atoms with Crippen LogP contribution in [0.2, 0.25) is 0 Å². The zero-order valence-corrected chi connectivity index (χ0v) is 12.0. The highest BCUT2D eigenvalue weighted by atomic mass is 16.5. The molecular weight excluding hydrogens is 266 g/mol. The molecular formula is C17H19NO3. The van der Waals surface area contributed by atoms with Crippen LogP contribution in [0.15, 0.2) is 36.4 Å². The first-order valence-corrected chi connectivity index (χ1v) is 7.09. The van der Waals surface area contributed by atoms with Crippen LogP contribution in [-0.4, -0.2) is 23.9 Å². The van der Waals surface area contributed by atoms with E-state index in [1.165, 1.54) is 5.56 Å². The van der Waals surface area contributed by atoms with Gasteiger partial charge in [-0.2, -0.15) is 0 Å². The van der Waals surface area contributed by atoms with Crippen LogP contribution >= 0.6 is 0 Å². The number of benzene rings is 2. The molecule has 0 bridgehead atoms. The number of methoxy groups -OCH3 is 1. The number of nitrogens with one attached hydrogen (secondary N) is 1. The number of fused-ring (bicyclic) bond motifs is 1. The van der Waals surface area contributed by atoms with Crippen LogP contribution in [0, 0.1) is 0 Å². The van der Waals surface area contributed by atoms with Crippen LogP contribution in [0.3, 0.4) is 0 Å². The van der Waals surface area contributed by atoms with E-state index in [9.17, 15) is 10.2 Å². The minimum absolute atomic E-state index is 0.0975. The van der Waals surface area contributed by atoms with Crippen molar-refractivity contribution in [2.24, 2.45) is 0 Å². The third-order valence-corrected chi connectivity index (χ3v) is 3.98. The maximum Gasteiger partial charge on any atom is 0.165 e. The van der Waals surface area contributed by atoms with Crippen LogP contribution in [0.4, 0.5) is 0 Å². The van der Waals surface area contributed by atoms with Gasteiger partial charge in [0.15, 0.2) is 11.5 Å². The summed E-state index contributed by atoms with van der Waals surface area (Å²) in [6, 6.07) is 11.0. The Bertz CT molecular complexity index is 637. The number of hydrogen-bond donors (Lipinski definition) is 3. The molecule has 1 aliphatic rings. The van der Waals surface area contributed by atoms with Crippen molar-refractivity contribution >= 4 is 0 Å². The summed E-state index contributed by atoms with van der Waals surface area (Å²) in [6.45, 7) is 0.906. The lowest BCUT2D eigenvalue weighted by atomic mass is 9.89. The van der Waals surface area contributed by atoms with Gasteiger partial charge in [-0.05, 0) is 48.7 Å². The Morgan fingerprint density at radius 1 is 1.14 bits per heavy atom. The quantitative estimate of drug-likeness (QED) is 0.811. The van der Waals surface area contributed by atoms with E-state index in [0.717, 1.165) is 30.5 Å². The van der Waals surface area contributed by atoms with E-state index in [0.29, 0.717) is 5.75 Å². The van der Waals surface area contributed by atoms with E-state index >= 15 is 0 Å². The number of aromatic hydroxyl groups is 2. The Labute approximate surface area is 124 Å². The van der Waals surface area contributed by atoms with Crippen LogP contribution in [0.25, 0.3) is 0 Å². The second-order valence-electron chi connectivity index (χ2n) is 5.32. The van der Waals surface area contributed by atoms with Gasteiger partial charge in [0.2, 0.25) is 0 Å². The van der Waals surface area contributed by atoms with Crippen molar-refractivity contribution in [3.8, 4) is 17.2 Å². The summed E-state index contributed by atoms with van der Waals surface area (Å²) in [5, 5.41) is 22.9. The third-order valence-electron chi connectivity index (χ3n) is 3.98. The van der Waals surface area contributed by atoms with Gasteiger partial charge in [0.1, 0.15) is 5.75 Å².